The molecule has 1 aromatic rings. The van der Waals surface area contributed by atoms with Crippen molar-refractivity contribution in [2.24, 2.45) is 0 Å². The normalized spacial score (nSPS) is 23.6. The topological polar surface area (TPSA) is 46.5 Å². The Kier molecular flexibility index (Phi) is 2.56. The monoisotopic (exact) mass is 218 g/mol. The standard InChI is InChI=1S/C13H14O3/c1-9-8-11(12(14)16-9)13(2,15)10-6-4-3-5-7-10/h3-9,15H,1-2H3. The number of carbonyl (C=O) groups excluding carboxylic acids is 1. The largest absolute Gasteiger partial charge is 0.455 e. The molecular weight excluding hydrogens is 204 g/mol. The minimum atomic E-state index is -1.29. The van der Waals surface area contributed by atoms with Crippen molar-refractivity contribution in [2.45, 2.75) is 25.6 Å². The van der Waals surface area contributed by atoms with Gasteiger partial charge in [0.25, 0.3) is 0 Å². The first-order valence-corrected chi connectivity index (χ1v) is 5.23. The van der Waals surface area contributed by atoms with Crippen molar-refractivity contribution in [1.29, 1.82) is 0 Å². The second kappa shape index (κ2) is 3.76. The highest BCUT2D eigenvalue weighted by atomic mass is 16.5. The number of hydrogen-bond acceptors (Lipinski definition) is 3. The van der Waals surface area contributed by atoms with E-state index in [2.05, 4.69) is 0 Å². The summed E-state index contributed by atoms with van der Waals surface area (Å²) in [6.45, 7) is 3.37. The molecule has 0 amide bonds. The molecule has 0 radical (unpaired) electrons. The Labute approximate surface area is 94.4 Å². The van der Waals surface area contributed by atoms with Crippen molar-refractivity contribution >= 4 is 5.97 Å². The van der Waals surface area contributed by atoms with E-state index < -0.39 is 11.6 Å². The third-order valence-electron chi connectivity index (χ3n) is 2.77. The molecule has 2 unspecified atom stereocenters. The Hall–Kier alpha value is -1.61. The number of ether oxygens (including phenoxy) is 1. The Morgan fingerprint density at radius 2 is 1.94 bits per heavy atom. The van der Waals surface area contributed by atoms with E-state index in [9.17, 15) is 9.90 Å². The molecule has 0 spiro atoms. The molecule has 1 aliphatic rings. The second-order valence-electron chi connectivity index (χ2n) is 4.13. The van der Waals surface area contributed by atoms with E-state index >= 15 is 0 Å². The summed E-state index contributed by atoms with van der Waals surface area (Å²) in [6, 6.07) is 9.10. The first-order chi connectivity index (χ1) is 7.51. The smallest absolute Gasteiger partial charge is 0.337 e. The van der Waals surface area contributed by atoms with Gasteiger partial charge in [0.15, 0.2) is 0 Å². The van der Waals surface area contributed by atoms with Crippen molar-refractivity contribution < 1.29 is 14.6 Å². The lowest BCUT2D eigenvalue weighted by Gasteiger charge is -2.23. The van der Waals surface area contributed by atoms with Crippen LogP contribution < -0.4 is 0 Å². The summed E-state index contributed by atoms with van der Waals surface area (Å²) in [4.78, 5) is 11.6. The number of aliphatic hydroxyl groups is 1. The summed E-state index contributed by atoms with van der Waals surface area (Å²) in [7, 11) is 0. The predicted octanol–water partition coefficient (Wildman–Crippen LogP) is 1.77. The van der Waals surface area contributed by atoms with Crippen LogP contribution >= 0.6 is 0 Å². The lowest BCUT2D eigenvalue weighted by atomic mass is 9.88. The van der Waals surface area contributed by atoms with Crippen LogP contribution in [-0.2, 0) is 15.1 Å². The van der Waals surface area contributed by atoms with Gasteiger partial charge < -0.3 is 9.84 Å². The molecule has 2 rings (SSSR count). The van der Waals surface area contributed by atoms with Crippen LogP contribution in [-0.4, -0.2) is 17.2 Å². The Bertz CT molecular complexity index is 432. The predicted molar refractivity (Wildman–Crippen MR) is 59.6 cm³/mol. The molecule has 16 heavy (non-hydrogen) atoms. The van der Waals surface area contributed by atoms with Crippen LogP contribution in [0.2, 0.25) is 0 Å². The van der Waals surface area contributed by atoms with Crippen LogP contribution in [0.15, 0.2) is 42.0 Å². The average molecular weight is 218 g/mol. The molecule has 1 heterocycles. The van der Waals surface area contributed by atoms with Crippen LogP contribution in [0.4, 0.5) is 0 Å². The summed E-state index contributed by atoms with van der Waals surface area (Å²) in [5, 5.41) is 10.4. The highest BCUT2D eigenvalue weighted by molar-refractivity contribution is 5.93. The lowest BCUT2D eigenvalue weighted by molar-refractivity contribution is -0.141. The number of rotatable bonds is 2. The Morgan fingerprint density at radius 1 is 1.31 bits per heavy atom. The molecule has 2 atom stereocenters. The number of hydrogen-bond donors (Lipinski definition) is 1. The zero-order valence-corrected chi connectivity index (χ0v) is 9.31. The Balaban J connectivity index is 2.40. The van der Waals surface area contributed by atoms with Gasteiger partial charge in [-0.25, -0.2) is 4.79 Å². The van der Waals surface area contributed by atoms with E-state index in [1.165, 1.54) is 0 Å². The number of cyclic esters (lactones) is 1. The van der Waals surface area contributed by atoms with E-state index in [0.29, 0.717) is 11.1 Å². The van der Waals surface area contributed by atoms with E-state index in [1.807, 2.05) is 18.2 Å². The summed E-state index contributed by atoms with van der Waals surface area (Å²) < 4.78 is 4.99. The fourth-order valence-electron chi connectivity index (χ4n) is 1.85. The van der Waals surface area contributed by atoms with Gasteiger partial charge in [0.1, 0.15) is 11.7 Å². The molecule has 0 aliphatic carbocycles. The molecule has 84 valence electrons. The number of carbonyl (C=O) groups is 1. The maximum atomic E-state index is 11.6. The zero-order valence-electron chi connectivity index (χ0n) is 9.31. The summed E-state index contributed by atoms with van der Waals surface area (Å²) in [5.74, 6) is -0.443. The van der Waals surface area contributed by atoms with Gasteiger partial charge in [0, 0.05) is 0 Å². The molecule has 1 aromatic carbocycles. The highest BCUT2D eigenvalue weighted by Gasteiger charge is 2.38. The third kappa shape index (κ3) is 1.74. The first kappa shape index (κ1) is 10.9. The van der Waals surface area contributed by atoms with Crippen LogP contribution in [0.3, 0.4) is 0 Å². The molecule has 3 heteroatoms. The van der Waals surface area contributed by atoms with Gasteiger partial charge in [-0.05, 0) is 25.5 Å². The molecule has 0 saturated heterocycles. The van der Waals surface area contributed by atoms with Crippen LogP contribution in [0, 0.1) is 0 Å². The van der Waals surface area contributed by atoms with E-state index in [-0.39, 0.29) is 6.10 Å². The van der Waals surface area contributed by atoms with Gasteiger partial charge in [-0.3, -0.25) is 0 Å². The van der Waals surface area contributed by atoms with Crippen LogP contribution in [0.5, 0.6) is 0 Å². The van der Waals surface area contributed by atoms with Crippen LogP contribution in [0.25, 0.3) is 0 Å². The van der Waals surface area contributed by atoms with E-state index in [4.69, 9.17) is 4.74 Å². The molecule has 0 bridgehead atoms. The lowest BCUT2D eigenvalue weighted by Crippen LogP contribution is -2.27. The average Bonchev–Trinajstić information content (AvgIpc) is 2.60. The van der Waals surface area contributed by atoms with Crippen molar-refractivity contribution in [3.8, 4) is 0 Å². The zero-order chi connectivity index (χ0) is 11.8. The highest BCUT2D eigenvalue weighted by Crippen LogP contribution is 2.33. The quantitative estimate of drug-likeness (QED) is 0.769. The summed E-state index contributed by atoms with van der Waals surface area (Å²) in [6.07, 6.45) is 1.40. The molecule has 0 saturated carbocycles. The number of benzene rings is 1. The molecule has 0 fully saturated rings. The van der Waals surface area contributed by atoms with Crippen molar-refractivity contribution in [1.82, 2.24) is 0 Å². The van der Waals surface area contributed by atoms with E-state index in [1.54, 1.807) is 32.1 Å². The molecule has 3 nitrogen and oxygen atoms in total. The minimum Gasteiger partial charge on any atom is -0.455 e. The molecule has 1 N–H and O–H groups in total. The fourth-order valence-corrected chi connectivity index (χ4v) is 1.85. The maximum absolute atomic E-state index is 11.6. The van der Waals surface area contributed by atoms with Gasteiger partial charge in [-0.1, -0.05) is 30.3 Å². The fraction of sp³-hybridized carbons (Fsp3) is 0.308. The van der Waals surface area contributed by atoms with Crippen LogP contribution in [0.1, 0.15) is 19.4 Å². The third-order valence-corrected chi connectivity index (χ3v) is 2.77. The molecule has 0 aromatic heterocycles. The first-order valence-electron chi connectivity index (χ1n) is 5.23. The molecule has 1 aliphatic heterocycles. The van der Waals surface area contributed by atoms with Crippen molar-refractivity contribution in [2.75, 3.05) is 0 Å². The minimum absolute atomic E-state index is 0.266. The van der Waals surface area contributed by atoms with Gasteiger partial charge in [-0.2, -0.15) is 0 Å². The maximum Gasteiger partial charge on any atom is 0.337 e. The number of esters is 1. The van der Waals surface area contributed by atoms with E-state index in [0.717, 1.165) is 0 Å². The summed E-state index contributed by atoms with van der Waals surface area (Å²) in [5.41, 5.74) is -0.290. The van der Waals surface area contributed by atoms with Gasteiger partial charge in [0.2, 0.25) is 0 Å². The summed E-state index contributed by atoms with van der Waals surface area (Å²) >= 11 is 0. The SMILES string of the molecule is CC1C=C(C(C)(O)c2ccccc2)C(=O)O1. The van der Waals surface area contributed by atoms with Gasteiger partial charge >= 0.3 is 5.97 Å². The Morgan fingerprint density at radius 3 is 2.44 bits per heavy atom. The van der Waals surface area contributed by atoms with Gasteiger partial charge in [0.05, 0.1) is 5.57 Å². The molecular formula is C13H14O3. The van der Waals surface area contributed by atoms with Crippen molar-refractivity contribution in [3.63, 3.8) is 0 Å². The van der Waals surface area contributed by atoms with Gasteiger partial charge in [-0.15, -0.1) is 0 Å². The van der Waals surface area contributed by atoms with Crippen molar-refractivity contribution in [3.05, 3.63) is 47.5 Å². The second-order valence-corrected chi connectivity index (χ2v) is 4.13.